The van der Waals surface area contributed by atoms with Gasteiger partial charge < -0.3 is 23.7 Å². The zero-order chi connectivity index (χ0) is 29.6. The van der Waals surface area contributed by atoms with E-state index in [4.69, 9.17) is 14.2 Å². The fourth-order valence-electron chi connectivity index (χ4n) is 6.04. The Morgan fingerprint density at radius 1 is 0.791 bits per heavy atom. The van der Waals surface area contributed by atoms with Gasteiger partial charge in [0.2, 0.25) is 5.91 Å². The minimum atomic E-state index is -0.146. The number of hydrogen-bond donors (Lipinski definition) is 0. The van der Waals surface area contributed by atoms with Crippen LogP contribution in [0.4, 0.5) is 0 Å². The number of nitrogens with zero attached hydrogens (tertiary/aromatic N) is 2. The van der Waals surface area contributed by atoms with Crippen molar-refractivity contribution >= 4 is 16.8 Å². The van der Waals surface area contributed by atoms with Gasteiger partial charge in [0, 0.05) is 49.1 Å². The number of carbonyl (C=O) groups excluding carboxylic acids is 1. The molecule has 1 fully saturated rings. The average molecular weight is 575 g/mol. The quantitative estimate of drug-likeness (QED) is 0.165. The number of ether oxygens (including phenoxy) is 3. The third kappa shape index (κ3) is 6.38. The Kier molecular flexibility index (Phi) is 8.64. The van der Waals surface area contributed by atoms with Gasteiger partial charge in [-0.3, -0.25) is 4.79 Å². The first kappa shape index (κ1) is 28.4. The Balaban J connectivity index is 1.37. The van der Waals surface area contributed by atoms with E-state index in [9.17, 15) is 4.79 Å². The van der Waals surface area contributed by atoms with Crippen LogP contribution in [0.3, 0.4) is 0 Å². The second kappa shape index (κ2) is 13.1. The van der Waals surface area contributed by atoms with Crippen molar-refractivity contribution in [2.75, 3.05) is 27.3 Å². The van der Waals surface area contributed by atoms with Crippen LogP contribution < -0.4 is 14.2 Å². The van der Waals surface area contributed by atoms with Crippen LogP contribution in [0.1, 0.15) is 47.4 Å². The lowest BCUT2D eigenvalue weighted by atomic mass is 9.87. The summed E-state index contributed by atoms with van der Waals surface area (Å²) in [5, 5.41) is 1.15. The van der Waals surface area contributed by atoms with Crippen LogP contribution in [0.5, 0.6) is 17.2 Å². The molecule has 0 saturated carbocycles. The molecule has 6 nitrogen and oxygen atoms in total. The molecule has 0 bridgehead atoms. The standard InChI is InChI=1S/C37H38N2O4/c1-41-30-17-14-27(15-18-30)24-39-25-33(31-12-6-7-13-34(31)39)32(23-37(40)38-20-8-9-21-38)29-16-19-35(36(22-29)42-2)43-26-28-10-4-3-5-11-28/h3-7,10-19,22,25,32H,8-9,20-21,23-24,26H2,1-2H3/t32-/m0/s1. The number of carbonyl (C=O) groups is 1. The molecule has 0 spiro atoms. The van der Waals surface area contributed by atoms with Crippen LogP contribution in [-0.4, -0.2) is 42.7 Å². The lowest BCUT2D eigenvalue weighted by Crippen LogP contribution is -2.29. The molecule has 0 N–H and O–H groups in total. The van der Waals surface area contributed by atoms with Crippen molar-refractivity contribution < 1.29 is 19.0 Å². The fourth-order valence-corrected chi connectivity index (χ4v) is 6.04. The zero-order valence-corrected chi connectivity index (χ0v) is 24.9. The molecular weight excluding hydrogens is 536 g/mol. The van der Waals surface area contributed by atoms with Gasteiger partial charge in [0.05, 0.1) is 14.2 Å². The van der Waals surface area contributed by atoms with Crippen molar-refractivity contribution in [3.05, 3.63) is 126 Å². The summed E-state index contributed by atoms with van der Waals surface area (Å²) in [6.45, 7) is 2.83. The number of methoxy groups -OCH3 is 2. The van der Waals surface area contributed by atoms with E-state index in [0.29, 0.717) is 31.1 Å². The van der Waals surface area contributed by atoms with E-state index in [0.717, 1.165) is 59.3 Å². The number of aromatic nitrogens is 1. The Labute approximate surface area is 253 Å². The summed E-state index contributed by atoms with van der Waals surface area (Å²) in [7, 11) is 3.35. The number of amides is 1. The van der Waals surface area contributed by atoms with Crippen LogP contribution in [-0.2, 0) is 17.9 Å². The number of hydrogen-bond acceptors (Lipinski definition) is 4. The van der Waals surface area contributed by atoms with Crippen molar-refractivity contribution in [1.82, 2.24) is 9.47 Å². The highest BCUT2D eigenvalue weighted by atomic mass is 16.5. The smallest absolute Gasteiger partial charge is 0.223 e. The second-order valence-corrected chi connectivity index (χ2v) is 11.1. The third-order valence-electron chi connectivity index (χ3n) is 8.37. The average Bonchev–Trinajstić information content (AvgIpc) is 3.73. The van der Waals surface area contributed by atoms with Gasteiger partial charge in [-0.2, -0.15) is 0 Å². The van der Waals surface area contributed by atoms with Crippen LogP contribution >= 0.6 is 0 Å². The minimum Gasteiger partial charge on any atom is -0.497 e. The summed E-state index contributed by atoms with van der Waals surface area (Å²) in [4.78, 5) is 15.6. The summed E-state index contributed by atoms with van der Waals surface area (Å²) in [5.41, 5.74) is 5.58. The van der Waals surface area contributed by atoms with Crippen molar-refractivity contribution in [3.63, 3.8) is 0 Å². The molecule has 43 heavy (non-hydrogen) atoms. The van der Waals surface area contributed by atoms with Gasteiger partial charge in [-0.15, -0.1) is 0 Å². The third-order valence-corrected chi connectivity index (χ3v) is 8.37. The maximum atomic E-state index is 13.6. The van der Waals surface area contributed by atoms with Crippen LogP contribution in [0, 0.1) is 0 Å². The first-order valence-electron chi connectivity index (χ1n) is 15.0. The fraction of sp³-hybridized carbons (Fsp3) is 0.270. The summed E-state index contributed by atoms with van der Waals surface area (Å²) >= 11 is 0. The Hall–Kier alpha value is -4.71. The van der Waals surface area contributed by atoms with Gasteiger partial charge >= 0.3 is 0 Å². The predicted octanol–water partition coefficient (Wildman–Crippen LogP) is 7.43. The van der Waals surface area contributed by atoms with E-state index in [1.54, 1.807) is 14.2 Å². The Morgan fingerprint density at radius 2 is 1.53 bits per heavy atom. The molecule has 1 aliphatic rings. The molecule has 220 valence electrons. The van der Waals surface area contributed by atoms with Crippen molar-refractivity contribution in [3.8, 4) is 17.2 Å². The molecule has 4 aromatic carbocycles. The van der Waals surface area contributed by atoms with Crippen LogP contribution in [0.2, 0.25) is 0 Å². The number of fused-ring (bicyclic) bond motifs is 1. The van der Waals surface area contributed by atoms with E-state index in [1.165, 1.54) is 5.56 Å². The molecule has 1 aliphatic heterocycles. The molecular formula is C37H38N2O4. The topological polar surface area (TPSA) is 52.9 Å². The zero-order valence-electron chi connectivity index (χ0n) is 24.9. The Bertz CT molecular complexity index is 1670. The molecule has 1 atom stereocenters. The van der Waals surface area contributed by atoms with Crippen molar-refractivity contribution in [2.24, 2.45) is 0 Å². The molecule has 1 aromatic heterocycles. The predicted molar refractivity (Wildman–Crippen MR) is 170 cm³/mol. The first-order chi connectivity index (χ1) is 21.1. The van der Waals surface area contributed by atoms with Gasteiger partial charge in [0.25, 0.3) is 0 Å². The lowest BCUT2D eigenvalue weighted by molar-refractivity contribution is -0.130. The van der Waals surface area contributed by atoms with Gasteiger partial charge in [-0.05, 0) is 65.4 Å². The van der Waals surface area contributed by atoms with Gasteiger partial charge in [0.1, 0.15) is 12.4 Å². The maximum absolute atomic E-state index is 13.6. The van der Waals surface area contributed by atoms with Crippen LogP contribution in [0.15, 0.2) is 103 Å². The number of likely N-dealkylation sites (tertiary alicyclic amines) is 1. The van der Waals surface area contributed by atoms with Gasteiger partial charge in [0.15, 0.2) is 11.5 Å². The summed E-state index contributed by atoms with van der Waals surface area (Å²) in [6.07, 6.45) is 4.75. The van der Waals surface area contributed by atoms with E-state index < -0.39 is 0 Å². The van der Waals surface area contributed by atoms with Gasteiger partial charge in [-0.25, -0.2) is 0 Å². The summed E-state index contributed by atoms with van der Waals surface area (Å²) in [5.74, 6) is 2.23. The van der Waals surface area contributed by atoms with Crippen molar-refractivity contribution in [2.45, 2.75) is 38.3 Å². The first-order valence-corrected chi connectivity index (χ1v) is 15.0. The van der Waals surface area contributed by atoms with Crippen molar-refractivity contribution in [1.29, 1.82) is 0 Å². The summed E-state index contributed by atoms with van der Waals surface area (Å²) < 4.78 is 19.6. The maximum Gasteiger partial charge on any atom is 0.223 e. The number of rotatable bonds is 11. The highest BCUT2D eigenvalue weighted by Gasteiger charge is 2.27. The molecule has 0 aliphatic carbocycles. The molecule has 6 heteroatoms. The molecule has 0 unspecified atom stereocenters. The second-order valence-electron chi connectivity index (χ2n) is 11.1. The Morgan fingerprint density at radius 3 is 2.28 bits per heavy atom. The lowest BCUT2D eigenvalue weighted by Gasteiger charge is -2.22. The van der Waals surface area contributed by atoms with E-state index in [-0.39, 0.29) is 11.8 Å². The monoisotopic (exact) mass is 574 g/mol. The highest BCUT2D eigenvalue weighted by Crippen LogP contribution is 2.39. The molecule has 6 rings (SSSR count). The molecule has 1 amide bonds. The van der Waals surface area contributed by atoms with E-state index >= 15 is 0 Å². The van der Waals surface area contributed by atoms with Gasteiger partial charge in [-0.1, -0.05) is 66.7 Å². The molecule has 5 aromatic rings. The van der Waals surface area contributed by atoms with E-state index in [1.807, 2.05) is 59.5 Å². The molecule has 1 saturated heterocycles. The number of benzene rings is 4. The van der Waals surface area contributed by atoms with Crippen LogP contribution in [0.25, 0.3) is 10.9 Å². The van der Waals surface area contributed by atoms with E-state index in [2.05, 4.69) is 53.2 Å². The summed E-state index contributed by atoms with van der Waals surface area (Å²) in [6, 6.07) is 32.8. The normalized spacial score (nSPS) is 13.7. The largest absolute Gasteiger partial charge is 0.497 e. The SMILES string of the molecule is COc1ccc(Cn2cc([C@@H](CC(=O)N3CCCC3)c3ccc(OCc4ccccc4)c(OC)c3)c3ccccc32)cc1. The highest BCUT2D eigenvalue weighted by molar-refractivity contribution is 5.87. The molecule has 0 radical (unpaired) electrons. The number of para-hydroxylation sites is 1. The minimum absolute atomic E-state index is 0.146. The molecule has 2 heterocycles.